The highest BCUT2D eigenvalue weighted by atomic mass is 16.6. The maximum atomic E-state index is 10.7. The number of non-ortho nitro benzene ring substituents is 1. The van der Waals surface area contributed by atoms with Gasteiger partial charge in [-0.25, -0.2) is 0 Å². The second-order valence-corrected chi connectivity index (χ2v) is 4.74. The van der Waals surface area contributed by atoms with Gasteiger partial charge in [-0.15, -0.1) is 0 Å². The van der Waals surface area contributed by atoms with Gasteiger partial charge >= 0.3 is 0 Å². The first-order chi connectivity index (χ1) is 10.1. The number of nitrogens with one attached hydrogen (secondary N) is 1. The number of rotatable bonds is 6. The Balaban J connectivity index is 2.28. The van der Waals surface area contributed by atoms with Crippen LogP contribution in [0.4, 0.5) is 5.69 Å². The summed E-state index contributed by atoms with van der Waals surface area (Å²) in [5.41, 5.74) is 1.67. The molecule has 0 bridgehead atoms. The van der Waals surface area contributed by atoms with Gasteiger partial charge in [-0.2, -0.15) is 0 Å². The second-order valence-electron chi connectivity index (χ2n) is 4.74. The van der Waals surface area contributed by atoms with E-state index in [0.29, 0.717) is 6.54 Å². The highest BCUT2D eigenvalue weighted by molar-refractivity contribution is 5.35. The van der Waals surface area contributed by atoms with Crippen LogP contribution in [0.2, 0.25) is 0 Å². The fraction of sp³-hybridized carbons (Fsp3) is 0.250. The molecular weight excluding hydrogens is 268 g/mol. The van der Waals surface area contributed by atoms with Crippen molar-refractivity contribution in [3.05, 3.63) is 75.8 Å². The van der Waals surface area contributed by atoms with Crippen LogP contribution in [0.3, 0.4) is 0 Å². The molecule has 0 fully saturated rings. The molecule has 0 saturated heterocycles. The average molecular weight is 286 g/mol. The van der Waals surface area contributed by atoms with Crippen molar-refractivity contribution in [3.8, 4) is 0 Å². The highest BCUT2D eigenvalue weighted by Crippen LogP contribution is 2.29. The Morgan fingerprint density at radius 3 is 2.24 bits per heavy atom. The van der Waals surface area contributed by atoms with Crippen LogP contribution in [0.5, 0.6) is 0 Å². The van der Waals surface area contributed by atoms with Crippen molar-refractivity contribution in [2.75, 3.05) is 6.54 Å². The van der Waals surface area contributed by atoms with E-state index in [1.165, 1.54) is 12.1 Å². The van der Waals surface area contributed by atoms with Crippen molar-refractivity contribution in [1.82, 2.24) is 5.32 Å². The number of nitro benzene ring substituents is 1. The monoisotopic (exact) mass is 286 g/mol. The quantitative estimate of drug-likeness (QED) is 0.632. The van der Waals surface area contributed by atoms with E-state index < -0.39 is 11.0 Å². The van der Waals surface area contributed by atoms with Gasteiger partial charge in [0.25, 0.3) is 5.69 Å². The topological polar surface area (TPSA) is 75.4 Å². The SMILES string of the molecule is CCNC(c1ccc([N+](=O)[O-])cc1)C(O)c1ccccc1. The molecule has 2 N–H and O–H groups in total. The number of hydrogen-bond acceptors (Lipinski definition) is 4. The standard InChI is InChI=1S/C16H18N2O3/c1-2-17-15(16(19)13-6-4-3-5-7-13)12-8-10-14(11-9-12)18(20)21/h3-11,15-17,19H,2H2,1H3. The normalized spacial score (nSPS) is 13.6. The van der Waals surface area contributed by atoms with E-state index in [4.69, 9.17) is 0 Å². The van der Waals surface area contributed by atoms with Gasteiger partial charge in [-0.05, 0) is 17.7 Å². The van der Waals surface area contributed by atoms with Gasteiger partial charge in [-0.1, -0.05) is 49.4 Å². The molecule has 5 heteroatoms. The number of aliphatic hydroxyl groups is 1. The molecule has 0 amide bonds. The lowest BCUT2D eigenvalue weighted by molar-refractivity contribution is -0.384. The van der Waals surface area contributed by atoms with Gasteiger partial charge in [-0.3, -0.25) is 10.1 Å². The highest BCUT2D eigenvalue weighted by Gasteiger charge is 2.22. The van der Waals surface area contributed by atoms with Gasteiger partial charge in [0, 0.05) is 12.1 Å². The van der Waals surface area contributed by atoms with Crippen LogP contribution in [-0.2, 0) is 0 Å². The van der Waals surface area contributed by atoms with Crippen LogP contribution in [0, 0.1) is 10.1 Å². The Labute approximate surface area is 123 Å². The maximum absolute atomic E-state index is 10.7. The van der Waals surface area contributed by atoms with Gasteiger partial charge in [0.15, 0.2) is 0 Å². The molecule has 2 atom stereocenters. The second kappa shape index (κ2) is 6.97. The van der Waals surface area contributed by atoms with Crippen molar-refractivity contribution in [2.24, 2.45) is 0 Å². The molecule has 0 aliphatic heterocycles. The third kappa shape index (κ3) is 3.65. The number of nitro groups is 1. The summed E-state index contributed by atoms with van der Waals surface area (Å²) in [4.78, 5) is 10.3. The predicted molar refractivity (Wildman–Crippen MR) is 80.9 cm³/mol. The number of aliphatic hydroxyl groups excluding tert-OH is 1. The predicted octanol–water partition coefficient (Wildman–Crippen LogP) is 2.98. The third-order valence-electron chi connectivity index (χ3n) is 3.34. The van der Waals surface area contributed by atoms with E-state index >= 15 is 0 Å². The molecule has 21 heavy (non-hydrogen) atoms. The van der Waals surface area contributed by atoms with Gasteiger partial charge in [0.1, 0.15) is 0 Å². The number of benzene rings is 2. The summed E-state index contributed by atoms with van der Waals surface area (Å²) < 4.78 is 0. The molecule has 2 unspecified atom stereocenters. The minimum Gasteiger partial charge on any atom is -0.386 e. The summed E-state index contributed by atoms with van der Waals surface area (Å²) >= 11 is 0. The number of likely N-dealkylation sites (N-methyl/N-ethyl adjacent to an activating group) is 1. The van der Waals surface area contributed by atoms with Crippen molar-refractivity contribution < 1.29 is 10.0 Å². The first-order valence-electron chi connectivity index (χ1n) is 6.84. The van der Waals surface area contributed by atoms with E-state index in [1.807, 2.05) is 37.3 Å². The summed E-state index contributed by atoms with van der Waals surface area (Å²) in [6.45, 7) is 2.64. The van der Waals surface area contributed by atoms with E-state index in [9.17, 15) is 15.2 Å². The Hall–Kier alpha value is -2.24. The summed E-state index contributed by atoms with van der Waals surface area (Å²) in [6, 6.07) is 15.3. The van der Waals surface area contributed by atoms with Crippen LogP contribution in [0.15, 0.2) is 54.6 Å². The molecular formula is C16H18N2O3. The summed E-state index contributed by atoms with van der Waals surface area (Å²) in [6.07, 6.45) is -0.715. The molecule has 0 saturated carbocycles. The van der Waals surface area contributed by atoms with E-state index in [0.717, 1.165) is 11.1 Å². The molecule has 110 valence electrons. The largest absolute Gasteiger partial charge is 0.386 e. The first kappa shape index (κ1) is 15.2. The van der Waals surface area contributed by atoms with Crippen molar-refractivity contribution in [3.63, 3.8) is 0 Å². The summed E-state index contributed by atoms with van der Waals surface area (Å²) in [5, 5.41) is 24.5. The van der Waals surface area contributed by atoms with Crippen molar-refractivity contribution >= 4 is 5.69 Å². The van der Waals surface area contributed by atoms with Gasteiger partial charge < -0.3 is 10.4 Å². The number of nitrogens with zero attached hydrogens (tertiary/aromatic N) is 1. The lowest BCUT2D eigenvalue weighted by atomic mass is 9.95. The van der Waals surface area contributed by atoms with Crippen LogP contribution in [0.1, 0.15) is 30.2 Å². The summed E-state index contributed by atoms with van der Waals surface area (Å²) in [5.74, 6) is 0. The fourth-order valence-electron chi connectivity index (χ4n) is 2.28. The number of hydrogen-bond donors (Lipinski definition) is 2. The van der Waals surface area contributed by atoms with Crippen LogP contribution < -0.4 is 5.32 Å². The van der Waals surface area contributed by atoms with Gasteiger partial charge in [0.05, 0.1) is 17.1 Å². The fourth-order valence-corrected chi connectivity index (χ4v) is 2.28. The molecule has 0 aliphatic rings. The Morgan fingerprint density at radius 1 is 1.10 bits per heavy atom. The van der Waals surface area contributed by atoms with E-state index in [1.54, 1.807) is 12.1 Å². The van der Waals surface area contributed by atoms with Crippen LogP contribution >= 0.6 is 0 Å². The zero-order valence-electron chi connectivity index (χ0n) is 11.8. The van der Waals surface area contributed by atoms with Gasteiger partial charge in [0.2, 0.25) is 0 Å². The van der Waals surface area contributed by atoms with E-state index in [2.05, 4.69) is 5.32 Å². The minimum atomic E-state index is -0.715. The average Bonchev–Trinajstić information content (AvgIpc) is 2.53. The summed E-state index contributed by atoms with van der Waals surface area (Å²) in [7, 11) is 0. The molecule has 0 aromatic heterocycles. The van der Waals surface area contributed by atoms with Crippen molar-refractivity contribution in [2.45, 2.75) is 19.1 Å². The Morgan fingerprint density at radius 2 is 1.71 bits per heavy atom. The van der Waals surface area contributed by atoms with Crippen molar-refractivity contribution in [1.29, 1.82) is 0 Å². The lowest BCUT2D eigenvalue weighted by Crippen LogP contribution is -2.27. The maximum Gasteiger partial charge on any atom is 0.269 e. The molecule has 2 rings (SSSR count). The molecule has 0 spiro atoms. The first-order valence-corrected chi connectivity index (χ1v) is 6.84. The van der Waals surface area contributed by atoms with Crippen LogP contribution in [-0.4, -0.2) is 16.6 Å². The lowest BCUT2D eigenvalue weighted by Gasteiger charge is -2.24. The molecule has 5 nitrogen and oxygen atoms in total. The third-order valence-corrected chi connectivity index (χ3v) is 3.34. The van der Waals surface area contributed by atoms with Crippen LogP contribution in [0.25, 0.3) is 0 Å². The zero-order valence-corrected chi connectivity index (χ0v) is 11.8. The molecule has 2 aromatic carbocycles. The smallest absolute Gasteiger partial charge is 0.269 e. The zero-order chi connectivity index (χ0) is 15.2. The molecule has 0 heterocycles. The Bertz CT molecular complexity index is 584. The van der Waals surface area contributed by atoms with E-state index in [-0.39, 0.29) is 11.7 Å². The molecule has 2 aromatic rings. The molecule has 0 radical (unpaired) electrons. The molecule has 0 aliphatic carbocycles. The Kier molecular flexibility index (Phi) is 5.03. The minimum absolute atomic E-state index is 0.0446.